The lowest BCUT2D eigenvalue weighted by atomic mass is 10.1. The van der Waals surface area contributed by atoms with Crippen LogP contribution in [0.15, 0.2) is 51.4 Å². The molecule has 0 bridgehead atoms. The van der Waals surface area contributed by atoms with Crippen LogP contribution in [-0.2, 0) is 21.4 Å². The summed E-state index contributed by atoms with van der Waals surface area (Å²) in [5, 5.41) is 22.8. The molecule has 1 atom stereocenters. The Balaban J connectivity index is 1.46. The summed E-state index contributed by atoms with van der Waals surface area (Å²) in [7, 11) is -3.89. The number of phenolic OH excluding ortho intramolecular Hbond substituents is 1. The van der Waals surface area contributed by atoms with Gasteiger partial charge in [-0.3, -0.25) is 4.79 Å². The summed E-state index contributed by atoms with van der Waals surface area (Å²) in [6, 6.07) is 10.2. The number of benzene rings is 1. The van der Waals surface area contributed by atoms with Gasteiger partial charge in [0.25, 0.3) is 10.0 Å². The molecule has 2 N–H and O–H groups in total. The Morgan fingerprint density at radius 2 is 2.17 bits per heavy atom. The van der Waals surface area contributed by atoms with E-state index in [1.54, 1.807) is 12.1 Å². The zero-order chi connectivity index (χ0) is 21.3. The summed E-state index contributed by atoms with van der Waals surface area (Å²) in [6.07, 6.45) is 1.70. The Morgan fingerprint density at radius 1 is 1.33 bits per heavy atom. The molecule has 0 saturated carbocycles. The first kappa shape index (κ1) is 20.1. The molecule has 30 heavy (non-hydrogen) atoms. The Morgan fingerprint density at radius 3 is 2.90 bits per heavy atom. The maximum absolute atomic E-state index is 12.7. The predicted molar refractivity (Wildman–Crippen MR) is 107 cm³/mol. The topological polar surface area (TPSA) is 137 Å². The largest absolute Gasteiger partial charge is 0.508 e. The van der Waals surface area contributed by atoms with Gasteiger partial charge < -0.3 is 14.5 Å². The highest BCUT2D eigenvalue weighted by atomic mass is 32.2. The molecule has 154 valence electrons. The molecule has 1 aliphatic rings. The lowest BCUT2D eigenvalue weighted by molar-refractivity contribution is -0.129. The van der Waals surface area contributed by atoms with Crippen LogP contribution in [0.25, 0.3) is 10.6 Å². The predicted octanol–water partition coefficient (Wildman–Crippen LogP) is 2.06. The van der Waals surface area contributed by atoms with Crippen LogP contribution in [-0.4, -0.2) is 42.1 Å². The normalized spacial score (nSPS) is 16.7. The Hall–Kier alpha value is -3.20. The van der Waals surface area contributed by atoms with Gasteiger partial charge in [-0.15, -0.1) is 11.3 Å². The van der Waals surface area contributed by atoms with Crippen molar-refractivity contribution in [2.24, 2.45) is 0 Å². The van der Waals surface area contributed by atoms with Crippen molar-refractivity contribution >= 4 is 27.3 Å². The van der Waals surface area contributed by atoms with Gasteiger partial charge in [0.15, 0.2) is 0 Å². The van der Waals surface area contributed by atoms with Gasteiger partial charge in [0, 0.05) is 24.7 Å². The van der Waals surface area contributed by atoms with E-state index in [9.17, 15) is 18.3 Å². The lowest BCUT2D eigenvalue weighted by Gasteiger charge is -2.18. The molecule has 0 aliphatic carbocycles. The lowest BCUT2D eigenvalue weighted by Crippen LogP contribution is -2.41. The smallest absolute Gasteiger partial charge is 0.250 e. The van der Waals surface area contributed by atoms with Crippen molar-refractivity contribution in [3.8, 4) is 22.4 Å². The average molecular weight is 444 g/mol. The number of nitrogens with one attached hydrogen (secondary N) is 1. The molecule has 1 amide bonds. The summed E-state index contributed by atoms with van der Waals surface area (Å²) in [5.41, 5.74) is 1.33. The average Bonchev–Trinajstić information content (AvgIpc) is 3.47. The number of hydrogen-bond donors (Lipinski definition) is 2. The molecular weight excluding hydrogens is 428 g/mol. The second-order valence-electron chi connectivity index (χ2n) is 6.68. The second kappa shape index (κ2) is 7.91. The number of amides is 1. The Kier molecular flexibility index (Phi) is 5.29. The van der Waals surface area contributed by atoms with E-state index >= 15 is 0 Å². The minimum Gasteiger partial charge on any atom is -0.508 e. The summed E-state index contributed by atoms with van der Waals surface area (Å²) in [4.78, 5) is 14.8. The van der Waals surface area contributed by atoms with Gasteiger partial charge in [-0.1, -0.05) is 5.16 Å². The van der Waals surface area contributed by atoms with Crippen LogP contribution >= 0.6 is 11.3 Å². The number of carbonyl (C=O) groups is 1. The fraction of sp³-hybridized carbons (Fsp3) is 0.211. The van der Waals surface area contributed by atoms with Gasteiger partial charge in [0.1, 0.15) is 28.0 Å². The number of rotatable bonds is 6. The van der Waals surface area contributed by atoms with E-state index < -0.39 is 16.1 Å². The first-order chi connectivity index (χ1) is 14.4. The minimum atomic E-state index is -3.89. The number of aromatic nitrogens is 1. The van der Waals surface area contributed by atoms with Crippen LogP contribution in [0.3, 0.4) is 0 Å². The maximum atomic E-state index is 12.7. The van der Waals surface area contributed by atoms with Gasteiger partial charge in [0.05, 0.1) is 16.5 Å². The third-order valence-electron chi connectivity index (χ3n) is 4.70. The van der Waals surface area contributed by atoms with Crippen molar-refractivity contribution in [3.63, 3.8) is 0 Å². The molecule has 1 fully saturated rings. The van der Waals surface area contributed by atoms with E-state index in [4.69, 9.17) is 9.78 Å². The van der Waals surface area contributed by atoms with Crippen LogP contribution in [0, 0.1) is 11.3 Å². The maximum Gasteiger partial charge on any atom is 0.250 e. The van der Waals surface area contributed by atoms with Crippen molar-refractivity contribution in [1.29, 1.82) is 5.26 Å². The monoisotopic (exact) mass is 444 g/mol. The van der Waals surface area contributed by atoms with E-state index in [-0.39, 0.29) is 22.4 Å². The molecule has 2 aromatic heterocycles. The highest BCUT2D eigenvalue weighted by Gasteiger charge is 2.35. The molecule has 1 aromatic carbocycles. The third-order valence-corrected chi connectivity index (χ3v) is 7.77. The quantitative estimate of drug-likeness (QED) is 0.594. The van der Waals surface area contributed by atoms with E-state index in [1.807, 2.05) is 6.07 Å². The molecule has 4 rings (SSSR count). The molecule has 0 radical (unpaired) electrons. The van der Waals surface area contributed by atoms with E-state index in [0.29, 0.717) is 34.7 Å². The van der Waals surface area contributed by atoms with Crippen molar-refractivity contribution < 1.29 is 22.8 Å². The van der Waals surface area contributed by atoms with Crippen molar-refractivity contribution in [3.05, 3.63) is 53.8 Å². The molecule has 11 heteroatoms. The van der Waals surface area contributed by atoms with Gasteiger partial charge in [-0.2, -0.15) is 9.98 Å². The van der Waals surface area contributed by atoms with Crippen LogP contribution in [0.4, 0.5) is 0 Å². The van der Waals surface area contributed by atoms with Crippen molar-refractivity contribution in [1.82, 2.24) is 14.8 Å². The zero-order valence-corrected chi connectivity index (χ0v) is 17.1. The fourth-order valence-electron chi connectivity index (χ4n) is 3.18. The number of hydrogen-bond acceptors (Lipinski definition) is 8. The highest BCUT2D eigenvalue weighted by molar-refractivity contribution is 7.91. The standard InChI is InChI=1S/C19H16N4O5S2/c20-10-12-1-2-16(24)13(9-12)11-23-7-5-15(19(23)25)22-30(26,27)18-4-3-17(29-18)14-6-8-28-21-14/h1-4,6,8-9,15,22,24H,5,7,11H2/t15-/m0/s1. The molecule has 9 nitrogen and oxygen atoms in total. The molecule has 0 spiro atoms. The molecule has 1 saturated heterocycles. The number of sulfonamides is 1. The van der Waals surface area contributed by atoms with Crippen LogP contribution in [0.5, 0.6) is 5.75 Å². The number of nitriles is 1. The third kappa shape index (κ3) is 3.93. The first-order valence-electron chi connectivity index (χ1n) is 8.91. The van der Waals surface area contributed by atoms with Gasteiger partial charge in [-0.25, -0.2) is 8.42 Å². The number of phenols is 1. The number of thiophene rings is 1. The zero-order valence-electron chi connectivity index (χ0n) is 15.5. The van der Waals surface area contributed by atoms with Crippen molar-refractivity contribution in [2.45, 2.75) is 23.2 Å². The van der Waals surface area contributed by atoms with Gasteiger partial charge >= 0.3 is 0 Å². The highest BCUT2D eigenvalue weighted by Crippen LogP contribution is 2.30. The van der Waals surface area contributed by atoms with E-state index in [2.05, 4.69) is 9.88 Å². The first-order valence-corrected chi connectivity index (χ1v) is 11.2. The molecule has 3 aromatic rings. The van der Waals surface area contributed by atoms with Crippen molar-refractivity contribution in [2.75, 3.05) is 6.54 Å². The summed E-state index contributed by atoms with van der Waals surface area (Å²) >= 11 is 1.03. The van der Waals surface area contributed by atoms with E-state index in [1.165, 1.54) is 35.4 Å². The van der Waals surface area contributed by atoms with E-state index in [0.717, 1.165) is 11.3 Å². The summed E-state index contributed by atoms with van der Waals surface area (Å²) < 4.78 is 32.8. The van der Waals surface area contributed by atoms with Crippen LogP contribution < -0.4 is 4.72 Å². The van der Waals surface area contributed by atoms with Crippen LogP contribution in [0.1, 0.15) is 17.5 Å². The minimum absolute atomic E-state index is 0.0233. The number of aromatic hydroxyl groups is 1. The fourth-order valence-corrected chi connectivity index (χ4v) is 5.69. The molecule has 3 heterocycles. The van der Waals surface area contributed by atoms with Crippen LogP contribution in [0.2, 0.25) is 0 Å². The second-order valence-corrected chi connectivity index (χ2v) is 9.71. The molecular formula is C19H16N4O5S2. The summed E-state index contributed by atoms with van der Waals surface area (Å²) in [6.45, 7) is 0.421. The summed E-state index contributed by atoms with van der Waals surface area (Å²) in [5.74, 6) is -0.404. The SMILES string of the molecule is N#Cc1ccc(O)c(CN2CC[C@H](NS(=O)(=O)c3ccc(-c4ccon4)s3)C2=O)c1. The van der Waals surface area contributed by atoms with Gasteiger partial charge in [-0.05, 0) is 36.8 Å². The number of carbonyl (C=O) groups excluding carboxylic acids is 1. The number of nitrogens with zero attached hydrogens (tertiary/aromatic N) is 3. The Labute approximate surface area is 176 Å². The van der Waals surface area contributed by atoms with Gasteiger partial charge in [0.2, 0.25) is 5.91 Å². The number of likely N-dealkylation sites (tertiary alicyclic amines) is 1. The Bertz CT molecular complexity index is 1230. The molecule has 1 aliphatic heterocycles. The molecule has 0 unspecified atom stereocenters.